The second-order valence-corrected chi connectivity index (χ2v) is 4.05. The number of hydrogen-bond acceptors (Lipinski definition) is 2. The van der Waals surface area contributed by atoms with Crippen LogP contribution in [0.5, 0.6) is 0 Å². The smallest absolute Gasteiger partial charge is 0.196 e. The van der Waals surface area contributed by atoms with E-state index in [0.29, 0.717) is 0 Å². The Morgan fingerprint density at radius 3 is 2.44 bits per heavy atom. The summed E-state index contributed by atoms with van der Waals surface area (Å²) >= 11 is 0. The average molecular weight is 247 g/mol. The number of ketones is 1. The number of nitrogen functional groups attached to an aromatic ring is 1. The van der Waals surface area contributed by atoms with Crippen LogP contribution < -0.4 is 5.73 Å². The van der Waals surface area contributed by atoms with Crippen molar-refractivity contribution in [1.29, 1.82) is 0 Å². The van der Waals surface area contributed by atoms with Gasteiger partial charge in [0, 0.05) is 5.56 Å². The average Bonchev–Trinajstić information content (AvgIpc) is 2.35. The van der Waals surface area contributed by atoms with E-state index >= 15 is 0 Å². The van der Waals surface area contributed by atoms with Crippen LogP contribution in [0, 0.1) is 18.6 Å². The lowest BCUT2D eigenvalue weighted by molar-refractivity contribution is 0.103. The Balaban J connectivity index is 2.47. The highest BCUT2D eigenvalue weighted by Crippen LogP contribution is 2.18. The molecule has 0 heterocycles. The van der Waals surface area contributed by atoms with Crippen LogP contribution in [-0.4, -0.2) is 5.78 Å². The van der Waals surface area contributed by atoms with Gasteiger partial charge < -0.3 is 5.73 Å². The van der Waals surface area contributed by atoms with Gasteiger partial charge >= 0.3 is 0 Å². The number of carbonyl (C=O) groups excluding carboxylic acids is 1. The van der Waals surface area contributed by atoms with Crippen LogP contribution in [0.15, 0.2) is 36.4 Å². The SMILES string of the molecule is Cc1ccc(F)c(C(=O)c2ccc(N)c(F)c2)c1. The van der Waals surface area contributed by atoms with E-state index in [1.165, 1.54) is 24.3 Å². The van der Waals surface area contributed by atoms with E-state index in [1.807, 2.05) is 0 Å². The number of anilines is 1. The summed E-state index contributed by atoms with van der Waals surface area (Å²) in [6, 6.07) is 7.90. The summed E-state index contributed by atoms with van der Waals surface area (Å²) in [5, 5.41) is 0. The number of hydrogen-bond donors (Lipinski definition) is 1. The van der Waals surface area contributed by atoms with E-state index in [4.69, 9.17) is 5.73 Å². The third-order valence-corrected chi connectivity index (χ3v) is 2.63. The Hall–Kier alpha value is -2.23. The lowest BCUT2D eigenvalue weighted by Gasteiger charge is -2.05. The van der Waals surface area contributed by atoms with Crippen LogP contribution >= 0.6 is 0 Å². The molecule has 0 bridgehead atoms. The molecule has 0 radical (unpaired) electrons. The Morgan fingerprint density at radius 2 is 1.78 bits per heavy atom. The summed E-state index contributed by atoms with van der Waals surface area (Å²) < 4.78 is 26.8. The van der Waals surface area contributed by atoms with Crippen molar-refractivity contribution in [3.8, 4) is 0 Å². The molecule has 0 saturated carbocycles. The molecular formula is C14H11F2NO. The standard InChI is InChI=1S/C14H11F2NO/c1-8-2-4-11(15)10(6-8)14(18)9-3-5-13(17)12(16)7-9/h2-7H,17H2,1H3. The van der Waals surface area contributed by atoms with Crippen molar-refractivity contribution in [3.05, 3.63) is 64.7 Å². The summed E-state index contributed by atoms with van der Waals surface area (Å²) in [7, 11) is 0. The van der Waals surface area contributed by atoms with Crippen LogP contribution in [0.4, 0.5) is 14.5 Å². The van der Waals surface area contributed by atoms with Gasteiger partial charge in [-0.3, -0.25) is 4.79 Å². The summed E-state index contributed by atoms with van der Waals surface area (Å²) in [5.41, 5.74) is 6.04. The van der Waals surface area contributed by atoms with Crippen molar-refractivity contribution < 1.29 is 13.6 Å². The van der Waals surface area contributed by atoms with E-state index in [9.17, 15) is 13.6 Å². The molecule has 2 aromatic carbocycles. The zero-order valence-corrected chi connectivity index (χ0v) is 9.71. The first kappa shape index (κ1) is 12.2. The number of carbonyl (C=O) groups is 1. The maximum atomic E-state index is 13.5. The van der Waals surface area contributed by atoms with Gasteiger partial charge in [0.05, 0.1) is 11.3 Å². The van der Waals surface area contributed by atoms with Crippen LogP contribution in [0.1, 0.15) is 21.5 Å². The lowest BCUT2D eigenvalue weighted by atomic mass is 10.0. The minimum absolute atomic E-state index is 0.0451. The third-order valence-electron chi connectivity index (χ3n) is 2.63. The van der Waals surface area contributed by atoms with Crippen molar-refractivity contribution in [2.45, 2.75) is 6.92 Å². The maximum absolute atomic E-state index is 13.5. The van der Waals surface area contributed by atoms with E-state index in [0.717, 1.165) is 11.6 Å². The van der Waals surface area contributed by atoms with Crippen LogP contribution in [0.2, 0.25) is 0 Å². The largest absolute Gasteiger partial charge is 0.396 e. The van der Waals surface area contributed by atoms with Crippen molar-refractivity contribution in [3.63, 3.8) is 0 Å². The highest BCUT2D eigenvalue weighted by atomic mass is 19.1. The molecule has 0 aliphatic rings. The van der Waals surface area contributed by atoms with Crippen molar-refractivity contribution in [2.75, 3.05) is 5.73 Å². The monoisotopic (exact) mass is 247 g/mol. The fourth-order valence-corrected chi connectivity index (χ4v) is 1.64. The van der Waals surface area contributed by atoms with Gasteiger partial charge in [0.2, 0.25) is 0 Å². The molecule has 0 aliphatic heterocycles. The Labute approximate surface area is 103 Å². The molecule has 92 valence electrons. The number of halogens is 2. The molecule has 4 heteroatoms. The predicted octanol–water partition coefficient (Wildman–Crippen LogP) is 3.09. The fourth-order valence-electron chi connectivity index (χ4n) is 1.64. The summed E-state index contributed by atoms with van der Waals surface area (Å²) in [4.78, 5) is 12.0. The van der Waals surface area contributed by atoms with Gasteiger partial charge in [0.1, 0.15) is 11.6 Å². The van der Waals surface area contributed by atoms with E-state index in [1.54, 1.807) is 13.0 Å². The van der Waals surface area contributed by atoms with Gasteiger partial charge in [-0.1, -0.05) is 11.6 Å². The normalized spacial score (nSPS) is 10.4. The predicted molar refractivity (Wildman–Crippen MR) is 65.4 cm³/mol. The van der Waals surface area contributed by atoms with Crippen molar-refractivity contribution in [1.82, 2.24) is 0 Å². The minimum Gasteiger partial charge on any atom is -0.396 e. The Kier molecular flexibility index (Phi) is 3.10. The molecule has 2 nitrogen and oxygen atoms in total. The molecule has 0 atom stereocenters. The molecule has 0 saturated heterocycles. The second kappa shape index (κ2) is 4.56. The molecule has 2 aromatic rings. The molecule has 0 aliphatic carbocycles. The molecule has 2 N–H and O–H groups in total. The Morgan fingerprint density at radius 1 is 1.06 bits per heavy atom. The molecule has 0 fully saturated rings. The van der Waals surface area contributed by atoms with Gasteiger partial charge in [-0.05, 0) is 37.3 Å². The molecule has 18 heavy (non-hydrogen) atoms. The van der Waals surface area contributed by atoms with E-state index in [2.05, 4.69) is 0 Å². The first-order chi connectivity index (χ1) is 8.49. The molecule has 0 unspecified atom stereocenters. The highest BCUT2D eigenvalue weighted by molar-refractivity contribution is 6.09. The number of rotatable bonds is 2. The van der Waals surface area contributed by atoms with E-state index < -0.39 is 17.4 Å². The molecule has 2 rings (SSSR count). The molecule has 0 aromatic heterocycles. The summed E-state index contributed by atoms with van der Waals surface area (Å²) in [6.07, 6.45) is 0. The first-order valence-electron chi connectivity index (χ1n) is 5.35. The Bertz CT molecular complexity index is 623. The molecule has 0 spiro atoms. The van der Waals surface area contributed by atoms with Crippen molar-refractivity contribution >= 4 is 11.5 Å². The summed E-state index contributed by atoms with van der Waals surface area (Å²) in [5.74, 6) is -1.87. The number of benzene rings is 2. The van der Waals surface area contributed by atoms with Crippen LogP contribution in [0.3, 0.4) is 0 Å². The van der Waals surface area contributed by atoms with Gasteiger partial charge in [0.15, 0.2) is 5.78 Å². The van der Waals surface area contributed by atoms with Crippen molar-refractivity contribution in [2.24, 2.45) is 0 Å². The van der Waals surface area contributed by atoms with Gasteiger partial charge in [-0.15, -0.1) is 0 Å². The molecular weight excluding hydrogens is 236 g/mol. The molecule has 0 amide bonds. The van der Waals surface area contributed by atoms with Gasteiger partial charge in [-0.2, -0.15) is 0 Å². The quantitative estimate of drug-likeness (QED) is 0.654. The van der Waals surface area contributed by atoms with E-state index in [-0.39, 0.29) is 16.8 Å². The van der Waals surface area contributed by atoms with Gasteiger partial charge in [0.25, 0.3) is 0 Å². The third kappa shape index (κ3) is 2.22. The number of aryl methyl sites for hydroxylation is 1. The second-order valence-electron chi connectivity index (χ2n) is 4.05. The zero-order valence-electron chi connectivity index (χ0n) is 9.71. The minimum atomic E-state index is -0.686. The maximum Gasteiger partial charge on any atom is 0.196 e. The first-order valence-corrected chi connectivity index (χ1v) is 5.35. The highest BCUT2D eigenvalue weighted by Gasteiger charge is 2.15. The summed E-state index contributed by atoms with van der Waals surface area (Å²) in [6.45, 7) is 1.75. The lowest BCUT2D eigenvalue weighted by Crippen LogP contribution is -2.06. The van der Waals surface area contributed by atoms with Crippen LogP contribution in [0.25, 0.3) is 0 Å². The topological polar surface area (TPSA) is 43.1 Å². The number of nitrogens with two attached hydrogens (primary N) is 1. The van der Waals surface area contributed by atoms with Gasteiger partial charge in [-0.25, -0.2) is 8.78 Å². The zero-order chi connectivity index (χ0) is 13.3. The fraction of sp³-hybridized carbons (Fsp3) is 0.0714. The van der Waals surface area contributed by atoms with Crippen LogP contribution in [-0.2, 0) is 0 Å².